The van der Waals surface area contributed by atoms with Crippen molar-refractivity contribution in [2.75, 3.05) is 54.0 Å². The van der Waals surface area contributed by atoms with Crippen molar-refractivity contribution in [3.05, 3.63) is 64.9 Å². The van der Waals surface area contributed by atoms with Gasteiger partial charge in [-0.1, -0.05) is 0 Å². The summed E-state index contributed by atoms with van der Waals surface area (Å²) in [7, 11) is 5.33. The van der Waals surface area contributed by atoms with Gasteiger partial charge in [-0.15, -0.1) is 0 Å². The second kappa shape index (κ2) is 8.89. The zero-order valence-corrected chi connectivity index (χ0v) is 20.1. The molecule has 2 N–H and O–H groups in total. The van der Waals surface area contributed by atoms with Crippen LogP contribution in [0.3, 0.4) is 0 Å². The fourth-order valence-corrected chi connectivity index (χ4v) is 5.65. The van der Waals surface area contributed by atoms with Gasteiger partial charge in [-0.3, -0.25) is 9.69 Å². The third-order valence-corrected chi connectivity index (χ3v) is 7.19. The first-order chi connectivity index (χ1) is 16.7. The predicted octanol–water partition coefficient (Wildman–Crippen LogP) is 2.65. The molecule has 2 aliphatic heterocycles. The summed E-state index contributed by atoms with van der Waals surface area (Å²) in [6.07, 6.45) is 0. The quantitative estimate of drug-likeness (QED) is 0.563. The van der Waals surface area contributed by atoms with Gasteiger partial charge in [-0.05, 0) is 50.0 Å². The molecule has 3 aromatic rings. The predicted molar refractivity (Wildman–Crippen MR) is 128 cm³/mol. The van der Waals surface area contributed by atoms with E-state index in [1.165, 1.54) is 6.07 Å². The van der Waals surface area contributed by atoms with E-state index in [1.54, 1.807) is 7.11 Å². The lowest BCUT2D eigenvalue weighted by molar-refractivity contribution is -0.141. The van der Waals surface area contributed by atoms with Crippen LogP contribution in [0.5, 0.6) is 5.75 Å². The monoisotopic (exact) mass is 484 g/mol. The molecule has 1 atom stereocenters. The number of fused-ring (bicyclic) bond motifs is 4. The first kappa shape index (κ1) is 23.7. The number of halogens is 2. The van der Waals surface area contributed by atoms with Crippen LogP contribution in [0.1, 0.15) is 22.9 Å². The number of aliphatic hydroxyl groups is 1. The number of nitrogens with zero attached hydrogens (tertiary/aromatic N) is 3. The summed E-state index contributed by atoms with van der Waals surface area (Å²) >= 11 is 0. The maximum atomic E-state index is 14.5. The number of ether oxygens (including phenoxy) is 1. The van der Waals surface area contributed by atoms with Crippen molar-refractivity contribution in [3.8, 4) is 5.75 Å². The molecule has 0 radical (unpaired) electrons. The Labute approximate surface area is 202 Å². The molecule has 1 spiro atoms. The van der Waals surface area contributed by atoms with Crippen molar-refractivity contribution in [1.82, 2.24) is 19.7 Å². The number of aliphatic hydroxyl groups excluding tert-OH is 1. The third-order valence-electron chi connectivity index (χ3n) is 7.19. The van der Waals surface area contributed by atoms with Crippen molar-refractivity contribution in [2.45, 2.75) is 18.0 Å². The number of H-pyrrole nitrogens is 1. The van der Waals surface area contributed by atoms with Gasteiger partial charge in [0.1, 0.15) is 17.4 Å². The molecule has 3 heterocycles. The summed E-state index contributed by atoms with van der Waals surface area (Å²) < 4.78 is 33.8. The van der Waals surface area contributed by atoms with E-state index in [1.807, 2.05) is 47.0 Å². The minimum absolute atomic E-state index is 0.0516. The molecule has 1 saturated heterocycles. The Hall–Kier alpha value is -3.01. The number of methoxy groups -OCH3 is 1. The van der Waals surface area contributed by atoms with E-state index >= 15 is 0 Å². The normalized spacial score (nSPS) is 19.3. The first-order valence-electron chi connectivity index (χ1n) is 11.7. The number of carbonyl (C=O) groups excluding carboxylic acids is 1. The standard InChI is InChI=1S/C26H30F2N4O3/c1-30(2)11-23(34)32-14-26(15-32)13-31(10-16-8-17(27)4-7-20(16)28)22(12-33)25-24(26)19-6-5-18(35-3)9-21(19)29-25/h4-9,22,29,33H,10-15H2,1-3H3/t22-/m0/s1. The fourth-order valence-electron chi connectivity index (χ4n) is 5.65. The molecule has 1 aromatic heterocycles. The highest BCUT2D eigenvalue weighted by atomic mass is 19.1. The van der Waals surface area contributed by atoms with E-state index in [0.29, 0.717) is 31.9 Å². The van der Waals surface area contributed by atoms with Gasteiger partial charge >= 0.3 is 0 Å². The van der Waals surface area contributed by atoms with Gasteiger partial charge in [-0.2, -0.15) is 0 Å². The van der Waals surface area contributed by atoms with Crippen LogP contribution in [0, 0.1) is 11.6 Å². The Morgan fingerprint density at radius 2 is 1.97 bits per heavy atom. The van der Waals surface area contributed by atoms with E-state index in [0.717, 1.165) is 34.3 Å². The number of amides is 1. The molecule has 2 aliphatic rings. The second-order valence-corrected chi connectivity index (χ2v) is 9.93. The Bertz CT molecular complexity index is 1270. The number of likely N-dealkylation sites (N-methyl/N-ethyl adjacent to an activating group) is 1. The van der Waals surface area contributed by atoms with Crippen molar-refractivity contribution in [1.29, 1.82) is 0 Å². The molecular weight excluding hydrogens is 454 g/mol. The van der Waals surface area contributed by atoms with E-state index in [2.05, 4.69) is 4.98 Å². The summed E-state index contributed by atoms with van der Waals surface area (Å²) in [5, 5.41) is 11.4. The van der Waals surface area contributed by atoms with Crippen LogP contribution in [0.4, 0.5) is 8.78 Å². The van der Waals surface area contributed by atoms with Crippen molar-refractivity contribution < 1.29 is 23.4 Å². The van der Waals surface area contributed by atoms with E-state index < -0.39 is 17.7 Å². The largest absolute Gasteiger partial charge is 0.497 e. The number of hydrogen-bond acceptors (Lipinski definition) is 5. The molecule has 0 aliphatic carbocycles. The first-order valence-corrected chi connectivity index (χ1v) is 11.7. The molecule has 186 valence electrons. The molecule has 2 aromatic carbocycles. The zero-order valence-electron chi connectivity index (χ0n) is 20.1. The summed E-state index contributed by atoms with van der Waals surface area (Å²) in [6, 6.07) is 8.83. The van der Waals surface area contributed by atoms with Gasteiger partial charge in [0.25, 0.3) is 0 Å². The van der Waals surface area contributed by atoms with Crippen LogP contribution in [0.2, 0.25) is 0 Å². The minimum atomic E-state index is -0.504. The number of aromatic nitrogens is 1. The highest BCUT2D eigenvalue weighted by molar-refractivity contribution is 5.89. The average Bonchev–Trinajstić information content (AvgIpc) is 3.17. The Morgan fingerprint density at radius 1 is 1.20 bits per heavy atom. The second-order valence-electron chi connectivity index (χ2n) is 9.93. The lowest BCUT2D eigenvalue weighted by atomic mass is 9.68. The number of rotatable bonds is 6. The van der Waals surface area contributed by atoms with E-state index in [-0.39, 0.29) is 30.0 Å². The van der Waals surface area contributed by atoms with Gasteiger partial charge in [0, 0.05) is 59.8 Å². The maximum Gasteiger partial charge on any atom is 0.236 e. The van der Waals surface area contributed by atoms with Crippen molar-refractivity contribution in [3.63, 3.8) is 0 Å². The Kier molecular flexibility index (Phi) is 6.03. The maximum absolute atomic E-state index is 14.5. The third kappa shape index (κ3) is 4.07. The molecule has 0 saturated carbocycles. The number of nitrogens with one attached hydrogen (secondary N) is 1. The highest BCUT2D eigenvalue weighted by Gasteiger charge is 2.54. The molecule has 35 heavy (non-hydrogen) atoms. The smallest absolute Gasteiger partial charge is 0.236 e. The van der Waals surface area contributed by atoms with Gasteiger partial charge < -0.3 is 24.6 Å². The van der Waals surface area contributed by atoms with Crippen molar-refractivity contribution in [2.24, 2.45) is 0 Å². The zero-order chi connectivity index (χ0) is 24.9. The summed E-state index contributed by atoms with van der Waals surface area (Å²) in [5.74, 6) is -0.228. The fraction of sp³-hybridized carbons (Fsp3) is 0.423. The van der Waals surface area contributed by atoms with Crippen LogP contribution in [0.25, 0.3) is 10.9 Å². The number of benzene rings is 2. The summed E-state index contributed by atoms with van der Waals surface area (Å²) in [5.41, 5.74) is 2.65. The molecule has 5 rings (SSSR count). The number of aromatic amines is 1. The Morgan fingerprint density at radius 3 is 2.66 bits per heavy atom. The summed E-state index contributed by atoms with van der Waals surface area (Å²) in [6.45, 7) is 1.82. The van der Waals surface area contributed by atoms with Crippen LogP contribution in [-0.2, 0) is 16.8 Å². The molecule has 1 fully saturated rings. The van der Waals surface area contributed by atoms with Crippen LogP contribution in [-0.4, -0.2) is 84.7 Å². The molecular formula is C26H30F2N4O3. The summed E-state index contributed by atoms with van der Waals surface area (Å²) in [4.78, 5) is 21.9. The van der Waals surface area contributed by atoms with Crippen LogP contribution in [0.15, 0.2) is 36.4 Å². The SMILES string of the molecule is COc1ccc2c3c([nH]c2c1)[C@H](CO)N(Cc1cc(F)ccc1F)CC31CN(C(=O)CN(C)C)C1. The van der Waals surface area contributed by atoms with Crippen molar-refractivity contribution >= 4 is 16.8 Å². The molecule has 1 amide bonds. The number of carbonyl (C=O) groups is 1. The lowest BCUT2D eigenvalue weighted by Crippen LogP contribution is -2.68. The van der Waals surface area contributed by atoms with Crippen LogP contribution < -0.4 is 4.74 Å². The number of likely N-dealkylation sites (tertiary alicyclic amines) is 1. The lowest BCUT2D eigenvalue weighted by Gasteiger charge is -2.56. The topological polar surface area (TPSA) is 72.0 Å². The van der Waals surface area contributed by atoms with Gasteiger partial charge in [0.15, 0.2) is 0 Å². The van der Waals surface area contributed by atoms with E-state index in [4.69, 9.17) is 4.74 Å². The highest BCUT2D eigenvalue weighted by Crippen LogP contribution is 2.49. The average molecular weight is 485 g/mol. The van der Waals surface area contributed by atoms with Crippen LogP contribution >= 0.6 is 0 Å². The Balaban J connectivity index is 1.57. The number of hydrogen-bond donors (Lipinski definition) is 2. The molecule has 9 heteroatoms. The molecule has 0 bridgehead atoms. The van der Waals surface area contributed by atoms with E-state index in [9.17, 15) is 18.7 Å². The van der Waals surface area contributed by atoms with Gasteiger partial charge in [0.2, 0.25) is 5.91 Å². The van der Waals surface area contributed by atoms with Gasteiger partial charge in [0.05, 0.1) is 26.3 Å². The minimum Gasteiger partial charge on any atom is -0.497 e. The molecule has 7 nitrogen and oxygen atoms in total. The van der Waals surface area contributed by atoms with Gasteiger partial charge in [-0.25, -0.2) is 8.78 Å². The molecule has 0 unspecified atom stereocenters.